The smallest absolute Gasteiger partial charge is 0.310 e. The minimum Gasteiger partial charge on any atom is -0.364 e. The highest BCUT2D eigenvalue weighted by Gasteiger charge is 2.06. The lowest BCUT2D eigenvalue weighted by atomic mass is 10.2. The van der Waals surface area contributed by atoms with Gasteiger partial charge in [0.15, 0.2) is 0 Å². The Morgan fingerprint density at radius 3 is 3.00 bits per heavy atom. The van der Waals surface area contributed by atoms with Gasteiger partial charge in [-0.1, -0.05) is 30.1 Å². The molecule has 0 atom stereocenters. The first-order chi connectivity index (χ1) is 8.26. The average molecular weight is 247 g/mol. The van der Waals surface area contributed by atoms with Crippen molar-refractivity contribution in [2.24, 2.45) is 0 Å². The van der Waals surface area contributed by atoms with Gasteiger partial charge in [-0.3, -0.25) is 9.36 Å². The highest BCUT2D eigenvalue weighted by atomic mass is 32.1. The highest BCUT2D eigenvalue weighted by Crippen LogP contribution is 2.18. The van der Waals surface area contributed by atoms with Gasteiger partial charge in [0, 0.05) is 19.1 Å². The van der Waals surface area contributed by atoms with Crippen molar-refractivity contribution in [3.63, 3.8) is 0 Å². The molecule has 0 amide bonds. The Morgan fingerprint density at radius 1 is 1.47 bits per heavy atom. The molecule has 0 bridgehead atoms. The molecule has 0 fully saturated rings. The van der Waals surface area contributed by atoms with E-state index in [0.717, 1.165) is 22.2 Å². The Morgan fingerprint density at radius 2 is 2.29 bits per heavy atom. The van der Waals surface area contributed by atoms with Gasteiger partial charge in [-0.15, -0.1) is 0 Å². The Kier molecular flexibility index (Phi) is 3.62. The Hall–Kier alpha value is -1.57. The number of rotatable bonds is 2. The summed E-state index contributed by atoms with van der Waals surface area (Å²) >= 11 is 1.23. The maximum absolute atomic E-state index is 11.7. The van der Waals surface area contributed by atoms with Crippen molar-refractivity contribution in [3.8, 4) is 11.8 Å². The molecule has 0 unspecified atom stereocenters. The summed E-state index contributed by atoms with van der Waals surface area (Å²) in [6.07, 6.45) is 0.832. The van der Waals surface area contributed by atoms with Gasteiger partial charge in [-0.05, 0) is 18.2 Å². The molecular formula is C13H13NO2S. The molecule has 1 heterocycles. The van der Waals surface area contributed by atoms with Crippen molar-refractivity contribution < 1.29 is 4.74 Å². The first-order valence-corrected chi connectivity index (χ1v) is 6.19. The molecule has 2 rings (SSSR count). The van der Waals surface area contributed by atoms with Crippen LogP contribution in [0.4, 0.5) is 0 Å². The van der Waals surface area contributed by atoms with E-state index in [-0.39, 0.29) is 4.87 Å². The standard InChI is InChI=1S/C13H13NO2S/c1-3-4-5-10-6-7-11-12(8-10)17-13(15)14(11)9-16-2/h6-8H,3,9H2,1-2H3. The third kappa shape index (κ3) is 2.41. The molecular weight excluding hydrogens is 234 g/mol. The van der Waals surface area contributed by atoms with Crippen LogP contribution in [-0.4, -0.2) is 11.7 Å². The predicted molar refractivity (Wildman–Crippen MR) is 70.3 cm³/mol. The topological polar surface area (TPSA) is 31.2 Å². The van der Waals surface area contributed by atoms with E-state index in [0.29, 0.717) is 6.73 Å². The Balaban J connectivity index is 2.53. The van der Waals surface area contributed by atoms with Gasteiger partial charge in [-0.2, -0.15) is 0 Å². The zero-order valence-corrected chi connectivity index (χ0v) is 10.6. The van der Waals surface area contributed by atoms with Crippen LogP contribution in [0.2, 0.25) is 0 Å². The van der Waals surface area contributed by atoms with Crippen LogP contribution in [0.3, 0.4) is 0 Å². The highest BCUT2D eigenvalue weighted by molar-refractivity contribution is 7.16. The zero-order chi connectivity index (χ0) is 12.3. The summed E-state index contributed by atoms with van der Waals surface area (Å²) in [5.74, 6) is 6.08. The molecule has 1 aromatic carbocycles. The normalized spacial score (nSPS) is 10.2. The van der Waals surface area contributed by atoms with Crippen LogP contribution in [0.5, 0.6) is 0 Å². The molecule has 2 aromatic rings. The van der Waals surface area contributed by atoms with Gasteiger partial charge in [0.25, 0.3) is 0 Å². The van der Waals surface area contributed by atoms with Gasteiger partial charge in [-0.25, -0.2) is 0 Å². The molecule has 4 heteroatoms. The average Bonchev–Trinajstić information content (AvgIpc) is 2.63. The van der Waals surface area contributed by atoms with E-state index < -0.39 is 0 Å². The summed E-state index contributed by atoms with van der Waals surface area (Å²) in [6, 6.07) is 5.81. The number of hydrogen-bond acceptors (Lipinski definition) is 3. The SMILES string of the molecule is CCC#Cc1ccc2c(c1)sc(=O)n2COC. The van der Waals surface area contributed by atoms with Crippen molar-refractivity contribution in [3.05, 3.63) is 33.4 Å². The van der Waals surface area contributed by atoms with E-state index in [4.69, 9.17) is 4.74 Å². The summed E-state index contributed by atoms with van der Waals surface area (Å²) in [6.45, 7) is 2.30. The lowest BCUT2D eigenvalue weighted by molar-refractivity contribution is 0.133. The fraction of sp³-hybridized carbons (Fsp3) is 0.308. The Bertz CT molecular complexity index is 643. The van der Waals surface area contributed by atoms with Gasteiger partial charge in [0.05, 0.1) is 10.2 Å². The van der Waals surface area contributed by atoms with E-state index in [1.165, 1.54) is 11.3 Å². The van der Waals surface area contributed by atoms with E-state index in [1.54, 1.807) is 11.7 Å². The molecule has 0 saturated carbocycles. The second-order valence-corrected chi connectivity index (χ2v) is 4.54. The molecule has 0 aliphatic heterocycles. The first kappa shape index (κ1) is 11.9. The van der Waals surface area contributed by atoms with E-state index in [1.807, 2.05) is 25.1 Å². The number of benzene rings is 1. The number of ether oxygens (including phenoxy) is 1. The molecule has 0 N–H and O–H groups in total. The lowest BCUT2D eigenvalue weighted by Gasteiger charge is -2.00. The fourth-order valence-electron chi connectivity index (χ4n) is 1.59. The van der Waals surface area contributed by atoms with Crippen LogP contribution in [0, 0.1) is 11.8 Å². The summed E-state index contributed by atoms with van der Waals surface area (Å²) in [7, 11) is 1.58. The molecule has 0 saturated heterocycles. The van der Waals surface area contributed by atoms with Gasteiger partial charge >= 0.3 is 4.87 Å². The number of fused-ring (bicyclic) bond motifs is 1. The van der Waals surface area contributed by atoms with Crippen LogP contribution in [-0.2, 0) is 11.5 Å². The molecule has 88 valence electrons. The maximum atomic E-state index is 11.7. The minimum atomic E-state index is 0.00227. The summed E-state index contributed by atoms with van der Waals surface area (Å²) in [4.78, 5) is 11.7. The number of thiazole rings is 1. The number of methoxy groups -OCH3 is 1. The second kappa shape index (κ2) is 5.17. The molecule has 1 aromatic heterocycles. The molecule has 0 aliphatic rings. The maximum Gasteiger partial charge on any atom is 0.310 e. The van der Waals surface area contributed by atoms with Crippen LogP contribution >= 0.6 is 11.3 Å². The van der Waals surface area contributed by atoms with Crippen molar-refractivity contribution in [2.45, 2.75) is 20.1 Å². The van der Waals surface area contributed by atoms with E-state index >= 15 is 0 Å². The van der Waals surface area contributed by atoms with Crippen LogP contribution in [0.15, 0.2) is 23.0 Å². The fourth-order valence-corrected chi connectivity index (χ4v) is 2.50. The second-order valence-electron chi connectivity index (χ2n) is 3.55. The van der Waals surface area contributed by atoms with E-state index in [9.17, 15) is 4.79 Å². The molecule has 0 aliphatic carbocycles. The third-order valence-electron chi connectivity index (χ3n) is 2.34. The minimum absolute atomic E-state index is 0.00227. The van der Waals surface area contributed by atoms with E-state index in [2.05, 4.69) is 11.8 Å². The third-order valence-corrected chi connectivity index (χ3v) is 3.28. The largest absolute Gasteiger partial charge is 0.364 e. The monoisotopic (exact) mass is 247 g/mol. The van der Waals surface area contributed by atoms with Crippen molar-refractivity contribution in [1.82, 2.24) is 4.57 Å². The van der Waals surface area contributed by atoms with Crippen molar-refractivity contribution >= 4 is 21.6 Å². The molecule has 17 heavy (non-hydrogen) atoms. The zero-order valence-electron chi connectivity index (χ0n) is 9.82. The number of nitrogens with zero attached hydrogens (tertiary/aromatic N) is 1. The van der Waals surface area contributed by atoms with Crippen LogP contribution in [0.1, 0.15) is 18.9 Å². The quantitative estimate of drug-likeness (QED) is 0.763. The summed E-state index contributed by atoms with van der Waals surface area (Å²) < 4.78 is 7.59. The molecule has 0 spiro atoms. The van der Waals surface area contributed by atoms with Gasteiger partial charge < -0.3 is 4.74 Å². The number of hydrogen-bond donors (Lipinski definition) is 0. The summed E-state index contributed by atoms with van der Waals surface area (Å²) in [5.41, 5.74) is 1.86. The van der Waals surface area contributed by atoms with Crippen molar-refractivity contribution in [2.75, 3.05) is 7.11 Å². The van der Waals surface area contributed by atoms with Crippen LogP contribution in [0.25, 0.3) is 10.2 Å². The first-order valence-electron chi connectivity index (χ1n) is 5.37. The summed E-state index contributed by atoms with van der Waals surface area (Å²) in [5, 5.41) is 0. The van der Waals surface area contributed by atoms with Crippen molar-refractivity contribution in [1.29, 1.82) is 0 Å². The van der Waals surface area contributed by atoms with Gasteiger partial charge in [0.2, 0.25) is 0 Å². The predicted octanol–water partition coefficient (Wildman–Crippen LogP) is 2.43. The van der Waals surface area contributed by atoms with Crippen LogP contribution < -0.4 is 4.87 Å². The van der Waals surface area contributed by atoms with Gasteiger partial charge in [0.1, 0.15) is 6.73 Å². The molecule has 3 nitrogen and oxygen atoms in total. The Labute approximate surface area is 104 Å². The number of aromatic nitrogens is 1. The lowest BCUT2D eigenvalue weighted by Crippen LogP contribution is -2.13. The molecule has 0 radical (unpaired) electrons.